The van der Waals surface area contributed by atoms with Gasteiger partial charge in [-0.25, -0.2) is 4.98 Å². The normalized spacial score (nSPS) is 11.9. The van der Waals surface area contributed by atoms with Gasteiger partial charge < -0.3 is 15.0 Å². The summed E-state index contributed by atoms with van der Waals surface area (Å²) in [6.07, 6.45) is 4.39. The van der Waals surface area contributed by atoms with Gasteiger partial charge in [0, 0.05) is 30.4 Å². The van der Waals surface area contributed by atoms with E-state index in [4.69, 9.17) is 15.7 Å². The van der Waals surface area contributed by atoms with E-state index in [1.165, 1.54) is 0 Å². The number of nitriles is 1. The van der Waals surface area contributed by atoms with Crippen molar-refractivity contribution in [2.75, 3.05) is 7.11 Å². The molecule has 2 rings (SSSR count). The molecule has 2 N–H and O–H groups in total. The van der Waals surface area contributed by atoms with Gasteiger partial charge >= 0.3 is 0 Å². The molecule has 104 valence electrons. The fourth-order valence-corrected chi connectivity index (χ4v) is 2.12. The third kappa shape index (κ3) is 3.16. The summed E-state index contributed by atoms with van der Waals surface area (Å²) in [5.74, 6) is 1.70. The first kappa shape index (κ1) is 14.1. The van der Waals surface area contributed by atoms with Crippen molar-refractivity contribution in [3.05, 3.63) is 47.5 Å². The van der Waals surface area contributed by atoms with E-state index >= 15 is 0 Å². The molecular weight excluding hydrogens is 252 g/mol. The van der Waals surface area contributed by atoms with Crippen molar-refractivity contribution < 1.29 is 4.74 Å². The van der Waals surface area contributed by atoms with Crippen LogP contribution in [-0.4, -0.2) is 22.7 Å². The summed E-state index contributed by atoms with van der Waals surface area (Å²) in [4.78, 5) is 4.33. The van der Waals surface area contributed by atoms with Crippen molar-refractivity contribution >= 4 is 0 Å². The fourth-order valence-electron chi connectivity index (χ4n) is 2.12. The molecule has 0 aliphatic carbocycles. The maximum atomic E-state index is 9.00. The highest BCUT2D eigenvalue weighted by Crippen LogP contribution is 2.21. The number of benzene rings is 1. The van der Waals surface area contributed by atoms with Crippen molar-refractivity contribution in [3.63, 3.8) is 0 Å². The molecule has 1 unspecified atom stereocenters. The largest absolute Gasteiger partial charge is 0.496 e. The van der Waals surface area contributed by atoms with Crippen molar-refractivity contribution in [2.24, 2.45) is 5.73 Å². The SMILES string of the molecule is COc1ccc(C#N)cc1Cn1ccnc1CC(C)N. The van der Waals surface area contributed by atoms with Gasteiger partial charge in [0.05, 0.1) is 25.3 Å². The Bertz CT molecular complexity index is 625. The van der Waals surface area contributed by atoms with Gasteiger partial charge in [0.25, 0.3) is 0 Å². The second kappa shape index (κ2) is 6.22. The minimum atomic E-state index is 0.0588. The number of imidazole rings is 1. The molecule has 5 heteroatoms. The van der Waals surface area contributed by atoms with Crippen LogP contribution in [-0.2, 0) is 13.0 Å². The molecule has 0 amide bonds. The third-order valence-electron chi connectivity index (χ3n) is 3.06. The predicted molar refractivity (Wildman–Crippen MR) is 76.4 cm³/mol. The van der Waals surface area contributed by atoms with E-state index < -0.39 is 0 Å². The Balaban J connectivity index is 2.30. The van der Waals surface area contributed by atoms with Crippen LogP contribution in [0.3, 0.4) is 0 Å². The number of methoxy groups -OCH3 is 1. The number of hydrogen-bond acceptors (Lipinski definition) is 4. The van der Waals surface area contributed by atoms with Crippen LogP contribution in [0.25, 0.3) is 0 Å². The maximum absolute atomic E-state index is 9.00. The van der Waals surface area contributed by atoms with Crippen LogP contribution in [0.4, 0.5) is 0 Å². The van der Waals surface area contributed by atoms with Crippen LogP contribution < -0.4 is 10.5 Å². The van der Waals surface area contributed by atoms with Gasteiger partial charge in [-0.1, -0.05) is 0 Å². The summed E-state index contributed by atoms with van der Waals surface area (Å²) in [6.45, 7) is 2.57. The van der Waals surface area contributed by atoms with Gasteiger partial charge in [-0.3, -0.25) is 0 Å². The average Bonchev–Trinajstić information content (AvgIpc) is 2.85. The second-order valence-electron chi connectivity index (χ2n) is 4.79. The predicted octanol–water partition coefficient (Wildman–Crippen LogP) is 1.70. The second-order valence-corrected chi connectivity index (χ2v) is 4.79. The van der Waals surface area contributed by atoms with Gasteiger partial charge in [-0.05, 0) is 25.1 Å². The van der Waals surface area contributed by atoms with Crippen LogP contribution in [0.1, 0.15) is 23.9 Å². The van der Waals surface area contributed by atoms with Crippen LogP contribution in [0.15, 0.2) is 30.6 Å². The number of nitrogens with zero attached hydrogens (tertiary/aromatic N) is 3. The van der Waals surface area contributed by atoms with E-state index in [1.54, 1.807) is 19.4 Å². The van der Waals surface area contributed by atoms with E-state index in [9.17, 15) is 0 Å². The lowest BCUT2D eigenvalue weighted by molar-refractivity contribution is 0.408. The van der Waals surface area contributed by atoms with E-state index in [2.05, 4.69) is 11.1 Å². The molecule has 0 radical (unpaired) electrons. The summed E-state index contributed by atoms with van der Waals surface area (Å²) >= 11 is 0. The molecule has 1 aromatic carbocycles. The van der Waals surface area contributed by atoms with Gasteiger partial charge in [-0.2, -0.15) is 5.26 Å². The first-order chi connectivity index (χ1) is 9.63. The van der Waals surface area contributed by atoms with E-state index in [1.807, 2.05) is 29.8 Å². The monoisotopic (exact) mass is 270 g/mol. The molecule has 20 heavy (non-hydrogen) atoms. The number of rotatable bonds is 5. The minimum absolute atomic E-state index is 0.0588. The molecule has 0 saturated carbocycles. The van der Waals surface area contributed by atoms with Crippen molar-refractivity contribution in [1.29, 1.82) is 5.26 Å². The lowest BCUT2D eigenvalue weighted by Crippen LogP contribution is -2.20. The van der Waals surface area contributed by atoms with Crippen molar-refractivity contribution in [3.8, 4) is 11.8 Å². The highest BCUT2D eigenvalue weighted by atomic mass is 16.5. The molecule has 5 nitrogen and oxygen atoms in total. The van der Waals surface area contributed by atoms with E-state index in [0.29, 0.717) is 18.5 Å². The lowest BCUT2D eigenvalue weighted by atomic mass is 10.1. The van der Waals surface area contributed by atoms with Gasteiger partial charge in [0.15, 0.2) is 0 Å². The Morgan fingerprint density at radius 1 is 1.50 bits per heavy atom. The molecule has 1 heterocycles. The summed E-state index contributed by atoms with van der Waals surface area (Å²) in [5, 5.41) is 9.00. The molecule has 2 aromatic rings. The summed E-state index contributed by atoms with van der Waals surface area (Å²) in [6, 6.07) is 7.61. The molecule has 1 aromatic heterocycles. The van der Waals surface area contributed by atoms with Crippen LogP contribution >= 0.6 is 0 Å². The molecule has 0 aliphatic rings. The Morgan fingerprint density at radius 3 is 2.95 bits per heavy atom. The fraction of sp³-hybridized carbons (Fsp3) is 0.333. The summed E-state index contributed by atoms with van der Waals surface area (Å²) in [7, 11) is 1.63. The van der Waals surface area contributed by atoms with Crippen LogP contribution in [0, 0.1) is 11.3 Å². The molecule has 0 saturated heterocycles. The van der Waals surface area contributed by atoms with E-state index in [-0.39, 0.29) is 6.04 Å². The molecular formula is C15H18N4O. The Morgan fingerprint density at radius 2 is 2.30 bits per heavy atom. The zero-order valence-corrected chi connectivity index (χ0v) is 11.7. The minimum Gasteiger partial charge on any atom is -0.496 e. The molecule has 0 spiro atoms. The molecule has 1 atom stereocenters. The van der Waals surface area contributed by atoms with E-state index in [0.717, 1.165) is 17.1 Å². The standard InChI is InChI=1S/C15H18N4O/c1-11(17)7-15-18-5-6-19(15)10-13-8-12(9-16)3-4-14(13)20-2/h3-6,8,11H,7,10,17H2,1-2H3. The Labute approximate surface area is 118 Å². The summed E-state index contributed by atoms with van der Waals surface area (Å²) < 4.78 is 7.38. The van der Waals surface area contributed by atoms with Gasteiger partial charge in [0.2, 0.25) is 0 Å². The maximum Gasteiger partial charge on any atom is 0.123 e. The number of aromatic nitrogens is 2. The average molecular weight is 270 g/mol. The van der Waals surface area contributed by atoms with Crippen LogP contribution in [0.5, 0.6) is 5.75 Å². The van der Waals surface area contributed by atoms with Gasteiger partial charge in [0.1, 0.15) is 11.6 Å². The number of hydrogen-bond donors (Lipinski definition) is 1. The van der Waals surface area contributed by atoms with Crippen LogP contribution in [0.2, 0.25) is 0 Å². The zero-order chi connectivity index (χ0) is 14.5. The number of nitrogens with two attached hydrogens (primary N) is 1. The zero-order valence-electron chi connectivity index (χ0n) is 11.7. The first-order valence-electron chi connectivity index (χ1n) is 6.46. The first-order valence-corrected chi connectivity index (χ1v) is 6.46. The molecule has 0 aliphatic heterocycles. The molecule has 0 fully saturated rings. The smallest absolute Gasteiger partial charge is 0.123 e. The van der Waals surface area contributed by atoms with Gasteiger partial charge in [-0.15, -0.1) is 0 Å². The highest BCUT2D eigenvalue weighted by molar-refractivity contribution is 5.42. The Kier molecular flexibility index (Phi) is 4.38. The molecule has 0 bridgehead atoms. The van der Waals surface area contributed by atoms with Crippen molar-refractivity contribution in [2.45, 2.75) is 25.9 Å². The van der Waals surface area contributed by atoms with Crippen molar-refractivity contribution in [1.82, 2.24) is 9.55 Å². The summed E-state index contributed by atoms with van der Waals surface area (Å²) in [5.41, 5.74) is 7.40. The third-order valence-corrected chi connectivity index (χ3v) is 3.06. The lowest BCUT2D eigenvalue weighted by Gasteiger charge is -2.13. The Hall–Kier alpha value is -2.32. The highest BCUT2D eigenvalue weighted by Gasteiger charge is 2.10. The topological polar surface area (TPSA) is 76.9 Å². The number of ether oxygens (including phenoxy) is 1. The quantitative estimate of drug-likeness (QED) is 0.897.